The topological polar surface area (TPSA) is 73.3 Å². The Labute approximate surface area is 171 Å². The van der Waals surface area contributed by atoms with E-state index in [0.29, 0.717) is 0 Å². The van der Waals surface area contributed by atoms with Crippen LogP contribution in [0.3, 0.4) is 0 Å². The minimum absolute atomic E-state index is 0.740. The minimum Gasteiger partial charge on any atom is -0.363 e. The van der Waals surface area contributed by atoms with E-state index >= 15 is 0 Å². The highest BCUT2D eigenvalue weighted by atomic mass is 15.4. The molecule has 29 heavy (non-hydrogen) atoms. The molecule has 4 rings (SSSR count). The lowest BCUT2D eigenvalue weighted by molar-refractivity contribution is 0.634. The van der Waals surface area contributed by atoms with Gasteiger partial charge in [-0.1, -0.05) is 17.7 Å². The molecule has 1 fully saturated rings. The standard InChI is InChI=1S/C21H26N8/c1-16-4-6-17(7-5-16)24-18-14-19(27(2)3)26-21(25-18)29-12-10-28(11-13-29)20-15-22-8-9-23-20/h4-9,14-15H,10-13H2,1-3H3,(H,24,25,26). The van der Waals surface area contributed by atoms with Crippen LogP contribution < -0.4 is 20.0 Å². The highest BCUT2D eigenvalue weighted by Gasteiger charge is 2.21. The first kappa shape index (κ1) is 18.9. The van der Waals surface area contributed by atoms with Crippen molar-refractivity contribution >= 4 is 29.1 Å². The number of piperazine rings is 1. The van der Waals surface area contributed by atoms with Gasteiger partial charge in [-0.3, -0.25) is 4.98 Å². The molecule has 3 heterocycles. The molecule has 1 saturated heterocycles. The van der Waals surface area contributed by atoms with Crippen LogP contribution in [0.4, 0.5) is 29.1 Å². The molecule has 0 saturated carbocycles. The van der Waals surface area contributed by atoms with Gasteiger partial charge in [0.1, 0.15) is 17.5 Å². The van der Waals surface area contributed by atoms with E-state index < -0.39 is 0 Å². The summed E-state index contributed by atoms with van der Waals surface area (Å²) in [6.45, 7) is 5.45. The van der Waals surface area contributed by atoms with Gasteiger partial charge in [0.2, 0.25) is 5.95 Å². The second-order valence-corrected chi connectivity index (χ2v) is 7.33. The first-order chi connectivity index (χ1) is 14.1. The van der Waals surface area contributed by atoms with E-state index in [1.807, 2.05) is 31.3 Å². The van der Waals surface area contributed by atoms with E-state index in [2.05, 4.69) is 56.3 Å². The molecule has 0 amide bonds. The van der Waals surface area contributed by atoms with Gasteiger partial charge < -0.3 is 20.0 Å². The van der Waals surface area contributed by atoms with Gasteiger partial charge in [0.05, 0.1) is 6.20 Å². The SMILES string of the molecule is Cc1ccc(Nc2cc(N(C)C)nc(N3CCN(c4cnccn4)CC3)n2)cc1. The van der Waals surface area contributed by atoms with Gasteiger partial charge in [0.15, 0.2) is 0 Å². The zero-order valence-corrected chi connectivity index (χ0v) is 17.1. The monoisotopic (exact) mass is 390 g/mol. The molecule has 8 heteroatoms. The van der Waals surface area contributed by atoms with Gasteiger partial charge in [-0.25, -0.2) is 4.98 Å². The smallest absolute Gasteiger partial charge is 0.229 e. The quantitative estimate of drug-likeness (QED) is 0.713. The third-order valence-electron chi connectivity index (χ3n) is 4.92. The summed E-state index contributed by atoms with van der Waals surface area (Å²) in [5, 5.41) is 3.41. The highest BCUT2D eigenvalue weighted by molar-refractivity contribution is 5.62. The summed E-state index contributed by atoms with van der Waals surface area (Å²) in [5.74, 6) is 3.32. The number of rotatable bonds is 5. The molecule has 3 aromatic rings. The Morgan fingerprint density at radius 1 is 0.931 bits per heavy atom. The molecule has 0 aliphatic carbocycles. The summed E-state index contributed by atoms with van der Waals surface area (Å²) >= 11 is 0. The molecule has 1 N–H and O–H groups in total. The van der Waals surface area contributed by atoms with E-state index in [0.717, 1.165) is 55.3 Å². The predicted octanol–water partition coefficient (Wildman–Crippen LogP) is 2.71. The molecule has 1 aliphatic rings. The van der Waals surface area contributed by atoms with Crippen LogP contribution in [0.15, 0.2) is 48.9 Å². The van der Waals surface area contributed by atoms with Gasteiger partial charge >= 0.3 is 0 Å². The fraction of sp³-hybridized carbons (Fsp3) is 0.333. The second kappa shape index (κ2) is 8.30. The highest BCUT2D eigenvalue weighted by Crippen LogP contribution is 2.24. The predicted molar refractivity (Wildman–Crippen MR) is 117 cm³/mol. The lowest BCUT2D eigenvalue weighted by atomic mass is 10.2. The largest absolute Gasteiger partial charge is 0.363 e. The van der Waals surface area contributed by atoms with Gasteiger partial charge in [0, 0.05) is 64.4 Å². The number of anilines is 5. The zero-order chi connectivity index (χ0) is 20.2. The average molecular weight is 390 g/mol. The Hall–Kier alpha value is -3.42. The summed E-state index contributed by atoms with van der Waals surface area (Å²) in [6, 6.07) is 10.3. The Morgan fingerprint density at radius 3 is 2.31 bits per heavy atom. The van der Waals surface area contributed by atoms with Gasteiger partial charge in [-0.15, -0.1) is 0 Å². The minimum atomic E-state index is 0.740. The van der Waals surface area contributed by atoms with Crippen LogP contribution in [0.5, 0.6) is 0 Å². The van der Waals surface area contributed by atoms with Crippen LogP contribution in [0.25, 0.3) is 0 Å². The van der Waals surface area contributed by atoms with E-state index in [9.17, 15) is 0 Å². The molecule has 0 atom stereocenters. The second-order valence-electron chi connectivity index (χ2n) is 7.33. The number of benzene rings is 1. The Balaban J connectivity index is 1.52. The van der Waals surface area contributed by atoms with Gasteiger partial charge in [-0.2, -0.15) is 9.97 Å². The van der Waals surface area contributed by atoms with Crippen LogP contribution in [0, 0.1) is 6.92 Å². The fourth-order valence-electron chi connectivity index (χ4n) is 3.23. The number of nitrogens with one attached hydrogen (secondary N) is 1. The lowest BCUT2D eigenvalue weighted by Gasteiger charge is -2.35. The van der Waals surface area contributed by atoms with Crippen molar-refractivity contribution in [3.8, 4) is 0 Å². The first-order valence-corrected chi connectivity index (χ1v) is 9.74. The molecule has 0 radical (unpaired) electrons. The van der Waals surface area contributed by atoms with Crippen LogP contribution in [-0.4, -0.2) is 60.2 Å². The molecular formula is C21H26N8. The Morgan fingerprint density at radius 2 is 1.66 bits per heavy atom. The van der Waals surface area contributed by atoms with Crippen molar-refractivity contribution in [2.75, 3.05) is 60.3 Å². The summed E-state index contributed by atoms with van der Waals surface area (Å²) < 4.78 is 0. The summed E-state index contributed by atoms with van der Waals surface area (Å²) in [7, 11) is 3.99. The molecule has 150 valence electrons. The molecule has 2 aromatic heterocycles. The van der Waals surface area contributed by atoms with Crippen molar-refractivity contribution in [3.05, 3.63) is 54.5 Å². The van der Waals surface area contributed by atoms with Crippen molar-refractivity contribution < 1.29 is 0 Å². The van der Waals surface area contributed by atoms with Crippen LogP contribution in [-0.2, 0) is 0 Å². The van der Waals surface area contributed by atoms with Crippen LogP contribution in [0.2, 0.25) is 0 Å². The first-order valence-electron chi connectivity index (χ1n) is 9.74. The van der Waals surface area contributed by atoms with E-state index in [-0.39, 0.29) is 0 Å². The zero-order valence-electron chi connectivity index (χ0n) is 17.1. The van der Waals surface area contributed by atoms with Gasteiger partial charge in [-0.05, 0) is 19.1 Å². The molecule has 1 aromatic carbocycles. The van der Waals surface area contributed by atoms with Crippen molar-refractivity contribution in [2.24, 2.45) is 0 Å². The summed E-state index contributed by atoms with van der Waals surface area (Å²) in [4.78, 5) is 24.6. The van der Waals surface area contributed by atoms with Crippen molar-refractivity contribution in [1.29, 1.82) is 0 Å². The number of nitrogens with zero attached hydrogens (tertiary/aromatic N) is 7. The molecule has 0 bridgehead atoms. The maximum Gasteiger partial charge on any atom is 0.229 e. The van der Waals surface area contributed by atoms with E-state index in [1.54, 1.807) is 12.4 Å². The molecular weight excluding hydrogens is 364 g/mol. The van der Waals surface area contributed by atoms with Crippen molar-refractivity contribution in [2.45, 2.75) is 6.92 Å². The maximum atomic E-state index is 4.79. The normalized spacial score (nSPS) is 14.0. The fourth-order valence-corrected chi connectivity index (χ4v) is 3.23. The van der Waals surface area contributed by atoms with Gasteiger partial charge in [0.25, 0.3) is 0 Å². The third-order valence-corrected chi connectivity index (χ3v) is 4.92. The van der Waals surface area contributed by atoms with Crippen LogP contribution >= 0.6 is 0 Å². The number of aromatic nitrogens is 4. The third kappa shape index (κ3) is 4.53. The average Bonchev–Trinajstić information content (AvgIpc) is 2.76. The number of aryl methyl sites for hydroxylation is 1. The Bertz CT molecular complexity index is 935. The number of hydrogen-bond donors (Lipinski definition) is 1. The molecule has 0 spiro atoms. The molecule has 1 aliphatic heterocycles. The van der Waals surface area contributed by atoms with E-state index in [4.69, 9.17) is 9.97 Å². The summed E-state index contributed by atoms with van der Waals surface area (Å²) in [5.41, 5.74) is 2.24. The lowest BCUT2D eigenvalue weighted by Crippen LogP contribution is -2.47. The van der Waals surface area contributed by atoms with Crippen molar-refractivity contribution in [1.82, 2.24) is 19.9 Å². The van der Waals surface area contributed by atoms with Crippen molar-refractivity contribution in [3.63, 3.8) is 0 Å². The Kier molecular flexibility index (Phi) is 5.41. The molecule has 0 unspecified atom stereocenters. The van der Waals surface area contributed by atoms with E-state index in [1.165, 1.54) is 5.56 Å². The number of hydrogen-bond acceptors (Lipinski definition) is 8. The maximum absolute atomic E-state index is 4.79. The summed E-state index contributed by atoms with van der Waals surface area (Å²) in [6.07, 6.45) is 5.24. The molecule has 8 nitrogen and oxygen atoms in total. The van der Waals surface area contributed by atoms with Crippen LogP contribution in [0.1, 0.15) is 5.56 Å².